The van der Waals surface area contributed by atoms with E-state index in [0.29, 0.717) is 25.9 Å². The standard InChI is InChI=1S/C11H21N3O3/c1-12-10(15)4-5-14(2)11(16)9-6-8(17-3)7-13-9/h8-9,13H,4-7H2,1-3H3,(H,12,15). The summed E-state index contributed by atoms with van der Waals surface area (Å²) in [4.78, 5) is 24.6. The van der Waals surface area contributed by atoms with E-state index in [2.05, 4.69) is 10.6 Å². The van der Waals surface area contributed by atoms with Crippen molar-refractivity contribution in [1.29, 1.82) is 0 Å². The third kappa shape index (κ3) is 3.98. The smallest absolute Gasteiger partial charge is 0.239 e. The van der Waals surface area contributed by atoms with E-state index in [1.165, 1.54) is 0 Å². The number of ether oxygens (including phenoxy) is 1. The molecule has 1 aliphatic rings. The second-order valence-electron chi connectivity index (χ2n) is 4.24. The highest BCUT2D eigenvalue weighted by molar-refractivity contribution is 5.83. The van der Waals surface area contributed by atoms with Gasteiger partial charge in [-0.15, -0.1) is 0 Å². The molecular weight excluding hydrogens is 222 g/mol. The second kappa shape index (κ2) is 6.56. The van der Waals surface area contributed by atoms with Crippen LogP contribution in [-0.2, 0) is 14.3 Å². The van der Waals surface area contributed by atoms with Crippen LogP contribution in [-0.4, -0.2) is 63.2 Å². The van der Waals surface area contributed by atoms with Crippen LogP contribution in [0.25, 0.3) is 0 Å². The summed E-state index contributed by atoms with van der Waals surface area (Å²) in [5.74, 6) is -0.0350. The summed E-state index contributed by atoms with van der Waals surface area (Å²) in [6.45, 7) is 1.14. The van der Waals surface area contributed by atoms with E-state index < -0.39 is 0 Å². The van der Waals surface area contributed by atoms with E-state index in [-0.39, 0.29) is 24.0 Å². The molecule has 0 aromatic heterocycles. The summed E-state index contributed by atoms with van der Waals surface area (Å²) in [5.41, 5.74) is 0. The van der Waals surface area contributed by atoms with E-state index in [1.807, 2.05) is 0 Å². The van der Waals surface area contributed by atoms with Gasteiger partial charge in [-0.2, -0.15) is 0 Å². The van der Waals surface area contributed by atoms with Crippen LogP contribution in [0, 0.1) is 0 Å². The number of carbonyl (C=O) groups is 2. The lowest BCUT2D eigenvalue weighted by atomic mass is 10.2. The minimum atomic E-state index is -0.186. The first-order valence-electron chi connectivity index (χ1n) is 5.80. The quantitative estimate of drug-likeness (QED) is 0.647. The van der Waals surface area contributed by atoms with Crippen LogP contribution in [0.5, 0.6) is 0 Å². The molecule has 2 amide bonds. The Hall–Kier alpha value is -1.14. The molecule has 1 saturated heterocycles. The fourth-order valence-electron chi connectivity index (χ4n) is 1.84. The third-order valence-electron chi connectivity index (χ3n) is 3.05. The van der Waals surface area contributed by atoms with Crippen molar-refractivity contribution in [3.8, 4) is 0 Å². The van der Waals surface area contributed by atoms with Gasteiger partial charge in [-0.1, -0.05) is 0 Å². The maximum Gasteiger partial charge on any atom is 0.239 e. The largest absolute Gasteiger partial charge is 0.380 e. The molecule has 0 aromatic rings. The molecular formula is C11H21N3O3. The highest BCUT2D eigenvalue weighted by Gasteiger charge is 2.31. The predicted molar refractivity (Wildman–Crippen MR) is 63.5 cm³/mol. The Bertz CT molecular complexity index is 283. The number of methoxy groups -OCH3 is 1. The number of hydrogen-bond donors (Lipinski definition) is 2. The minimum absolute atomic E-state index is 0.0217. The maximum absolute atomic E-state index is 12.0. The van der Waals surface area contributed by atoms with Gasteiger partial charge >= 0.3 is 0 Å². The van der Waals surface area contributed by atoms with Crippen LogP contribution < -0.4 is 10.6 Å². The summed E-state index contributed by atoms with van der Waals surface area (Å²) in [6, 6.07) is -0.186. The van der Waals surface area contributed by atoms with E-state index in [4.69, 9.17) is 4.74 Å². The number of nitrogens with one attached hydrogen (secondary N) is 2. The zero-order valence-electron chi connectivity index (χ0n) is 10.7. The molecule has 1 aliphatic heterocycles. The number of rotatable bonds is 5. The molecule has 0 bridgehead atoms. The number of carbonyl (C=O) groups excluding carboxylic acids is 2. The van der Waals surface area contributed by atoms with Crippen LogP contribution in [0.4, 0.5) is 0 Å². The number of hydrogen-bond acceptors (Lipinski definition) is 4. The Balaban J connectivity index is 2.34. The lowest BCUT2D eigenvalue weighted by Gasteiger charge is -2.20. The van der Waals surface area contributed by atoms with Gasteiger partial charge in [-0.3, -0.25) is 9.59 Å². The van der Waals surface area contributed by atoms with Gasteiger partial charge in [-0.05, 0) is 6.42 Å². The summed E-state index contributed by atoms with van der Waals surface area (Å²) in [6.07, 6.45) is 1.13. The van der Waals surface area contributed by atoms with Crippen molar-refractivity contribution in [1.82, 2.24) is 15.5 Å². The summed E-state index contributed by atoms with van der Waals surface area (Å²) in [7, 11) is 4.95. The van der Waals surface area contributed by atoms with Gasteiger partial charge < -0.3 is 20.3 Å². The molecule has 6 nitrogen and oxygen atoms in total. The third-order valence-corrected chi connectivity index (χ3v) is 3.05. The van der Waals surface area contributed by atoms with Gasteiger partial charge in [0.1, 0.15) is 0 Å². The Kier molecular flexibility index (Phi) is 5.37. The van der Waals surface area contributed by atoms with Gasteiger partial charge in [0.25, 0.3) is 0 Å². The first kappa shape index (κ1) is 13.9. The van der Waals surface area contributed by atoms with Crippen molar-refractivity contribution in [3.63, 3.8) is 0 Å². The predicted octanol–water partition coefficient (Wildman–Crippen LogP) is -1.04. The van der Waals surface area contributed by atoms with E-state index in [9.17, 15) is 9.59 Å². The van der Waals surface area contributed by atoms with Crippen molar-refractivity contribution in [3.05, 3.63) is 0 Å². The fourth-order valence-corrected chi connectivity index (χ4v) is 1.84. The molecule has 1 rings (SSSR count). The van der Waals surface area contributed by atoms with Crippen molar-refractivity contribution in [2.45, 2.75) is 25.0 Å². The van der Waals surface area contributed by atoms with E-state index in [0.717, 1.165) is 0 Å². The molecule has 0 spiro atoms. The minimum Gasteiger partial charge on any atom is -0.380 e. The van der Waals surface area contributed by atoms with Crippen molar-refractivity contribution < 1.29 is 14.3 Å². The Labute approximate surface area is 102 Å². The van der Waals surface area contributed by atoms with Gasteiger partial charge in [0.05, 0.1) is 12.1 Å². The monoisotopic (exact) mass is 243 g/mol. The first-order valence-corrected chi connectivity index (χ1v) is 5.80. The summed E-state index contributed by atoms with van der Waals surface area (Å²) >= 11 is 0. The maximum atomic E-state index is 12.0. The molecule has 0 saturated carbocycles. The number of likely N-dealkylation sites (N-methyl/N-ethyl adjacent to an activating group) is 1. The first-order chi connectivity index (χ1) is 8.08. The van der Waals surface area contributed by atoms with Crippen molar-refractivity contribution in [2.75, 3.05) is 34.3 Å². The van der Waals surface area contributed by atoms with Crippen molar-refractivity contribution >= 4 is 11.8 Å². The van der Waals surface area contributed by atoms with Crippen LogP contribution in [0.3, 0.4) is 0 Å². The molecule has 0 aromatic carbocycles. The van der Waals surface area contributed by atoms with E-state index >= 15 is 0 Å². The molecule has 0 radical (unpaired) electrons. The van der Waals surface area contributed by atoms with Crippen molar-refractivity contribution in [2.24, 2.45) is 0 Å². The van der Waals surface area contributed by atoms with Gasteiger partial charge in [0, 0.05) is 40.7 Å². The number of amides is 2. The molecule has 17 heavy (non-hydrogen) atoms. The summed E-state index contributed by atoms with van der Waals surface area (Å²) < 4.78 is 5.19. The zero-order valence-corrected chi connectivity index (χ0v) is 10.7. The molecule has 2 unspecified atom stereocenters. The average molecular weight is 243 g/mol. The Morgan fingerprint density at radius 3 is 2.76 bits per heavy atom. The average Bonchev–Trinajstić information content (AvgIpc) is 2.83. The second-order valence-corrected chi connectivity index (χ2v) is 4.24. The topological polar surface area (TPSA) is 70.7 Å². The Morgan fingerprint density at radius 2 is 2.24 bits per heavy atom. The van der Waals surface area contributed by atoms with Gasteiger partial charge in [-0.25, -0.2) is 0 Å². The zero-order chi connectivity index (χ0) is 12.8. The summed E-state index contributed by atoms with van der Waals surface area (Å²) in [5, 5.41) is 5.66. The molecule has 2 atom stereocenters. The van der Waals surface area contributed by atoms with Crippen LogP contribution in [0.15, 0.2) is 0 Å². The SMILES string of the molecule is CNC(=O)CCN(C)C(=O)C1CC(OC)CN1. The molecule has 98 valence electrons. The van der Waals surface area contributed by atoms with Gasteiger partial charge in [0.2, 0.25) is 11.8 Å². The van der Waals surface area contributed by atoms with E-state index in [1.54, 1.807) is 26.1 Å². The van der Waals surface area contributed by atoms with Crippen LogP contribution in [0.1, 0.15) is 12.8 Å². The number of nitrogens with zero attached hydrogens (tertiary/aromatic N) is 1. The normalized spacial score (nSPS) is 23.5. The molecule has 6 heteroatoms. The van der Waals surface area contributed by atoms with Crippen LogP contribution >= 0.6 is 0 Å². The highest BCUT2D eigenvalue weighted by Crippen LogP contribution is 2.11. The molecule has 0 aliphatic carbocycles. The molecule has 1 heterocycles. The Morgan fingerprint density at radius 1 is 1.53 bits per heavy atom. The van der Waals surface area contributed by atoms with Gasteiger partial charge in [0.15, 0.2) is 0 Å². The lowest BCUT2D eigenvalue weighted by molar-refractivity contribution is -0.132. The molecule has 2 N–H and O–H groups in total. The lowest BCUT2D eigenvalue weighted by Crippen LogP contribution is -2.42. The van der Waals surface area contributed by atoms with Crippen LogP contribution in [0.2, 0.25) is 0 Å². The molecule has 1 fully saturated rings. The fraction of sp³-hybridized carbons (Fsp3) is 0.818. The highest BCUT2D eigenvalue weighted by atomic mass is 16.5.